The second-order valence-electron chi connectivity index (χ2n) is 5.17. The lowest BCUT2D eigenvalue weighted by atomic mass is 10.2. The summed E-state index contributed by atoms with van der Waals surface area (Å²) in [6, 6.07) is 11.9. The van der Waals surface area contributed by atoms with E-state index in [0.29, 0.717) is 6.54 Å². The Morgan fingerprint density at radius 1 is 0.864 bits per heavy atom. The highest BCUT2D eigenvalue weighted by Gasteiger charge is 2.11. The van der Waals surface area contributed by atoms with Crippen molar-refractivity contribution in [3.63, 3.8) is 0 Å². The van der Waals surface area contributed by atoms with E-state index in [9.17, 15) is 0 Å². The number of hydrogen-bond acceptors (Lipinski definition) is 5. The minimum atomic E-state index is 0.709. The molecular formula is C16H18N6. The zero-order valence-electron chi connectivity index (χ0n) is 12.5. The predicted molar refractivity (Wildman–Crippen MR) is 82.4 cm³/mol. The fourth-order valence-electron chi connectivity index (χ4n) is 2.31. The van der Waals surface area contributed by atoms with Gasteiger partial charge in [0.2, 0.25) is 0 Å². The Hall–Kier alpha value is -2.60. The molecule has 3 rings (SSSR count). The van der Waals surface area contributed by atoms with E-state index >= 15 is 0 Å². The monoisotopic (exact) mass is 294 g/mol. The number of nitrogens with zero attached hydrogens (tertiary/aromatic N) is 6. The Balaban J connectivity index is 1.75. The van der Waals surface area contributed by atoms with Gasteiger partial charge in [-0.15, -0.1) is 5.10 Å². The van der Waals surface area contributed by atoms with Crippen molar-refractivity contribution in [3.05, 3.63) is 72.1 Å². The average molecular weight is 294 g/mol. The molecule has 3 aromatic heterocycles. The van der Waals surface area contributed by atoms with Crippen molar-refractivity contribution in [2.24, 2.45) is 7.05 Å². The van der Waals surface area contributed by atoms with Crippen LogP contribution in [0, 0.1) is 0 Å². The summed E-state index contributed by atoms with van der Waals surface area (Å²) < 4.78 is 1.72. The molecule has 0 bridgehead atoms. The Labute approximate surface area is 129 Å². The first-order valence-corrected chi connectivity index (χ1v) is 7.17. The van der Waals surface area contributed by atoms with Gasteiger partial charge in [-0.2, -0.15) is 0 Å². The van der Waals surface area contributed by atoms with Crippen molar-refractivity contribution in [2.75, 3.05) is 0 Å². The zero-order valence-corrected chi connectivity index (χ0v) is 12.5. The van der Waals surface area contributed by atoms with Crippen LogP contribution in [-0.4, -0.2) is 29.9 Å². The molecule has 0 aliphatic carbocycles. The van der Waals surface area contributed by atoms with Gasteiger partial charge in [-0.1, -0.05) is 17.3 Å². The molecule has 6 heteroatoms. The number of aryl methyl sites for hydroxylation is 1. The van der Waals surface area contributed by atoms with Crippen LogP contribution in [-0.2, 0) is 26.7 Å². The topological polar surface area (TPSA) is 59.7 Å². The van der Waals surface area contributed by atoms with Crippen LogP contribution in [0.4, 0.5) is 0 Å². The summed E-state index contributed by atoms with van der Waals surface area (Å²) >= 11 is 0. The number of hydrogen-bond donors (Lipinski definition) is 0. The highest BCUT2D eigenvalue weighted by Crippen LogP contribution is 2.10. The molecule has 0 fully saturated rings. The van der Waals surface area contributed by atoms with E-state index < -0.39 is 0 Å². The summed E-state index contributed by atoms with van der Waals surface area (Å²) in [4.78, 5) is 11.1. The van der Waals surface area contributed by atoms with Crippen LogP contribution in [0.25, 0.3) is 0 Å². The zero-order chi connectivity index (χ0) is 15.2. The molecule has 3 aromatic rings. The predicted octanol–water partition coefficient (Wildman–Crippen LogP) is 1.81. The Morgan fingerprint density at radius 2 is 1.45 bits per heavy atom. The second-order valence-corrected chi connectivity index (χ2v) is 5.17. The molecule has 0 spiro atoms. The highest BCUT2D eigenvalue weighted by atomic mass is 15.4. The third-order valence-electron chi connectivity index (χ3n) is 3.26. The van der Waals surface area contributed by atoms with E-state index in [-0.39, 0.29) is 0 Å². The van der Waals surface area contributed by atoms with Gasteiger partial charge in [0.25, 0.3) is 0 Å². The molecule has 0 radical (unpaired) electrons. The normalized spacial score (nSPS) is 11.0. The smallest absolute Gasteiger partial charge is 0.0967 e. The van der Waals surface area contributed by atoms with Crippen LogP contribution in [0.1, 0.15) is 17.1 Å². The maximum atomic E-state index is 4.40. The average Bonchev–Trinajstić information content (AvgIpc) is 2.94. The van der Waals surface area contributed by atoms with Gasteiger partial charge in [0, 0.05) is 45.3 Å². The van der Waals surface area contributed by atoms with Crippen LogP contribution in [0.5, 0.6) is 0 Å². The fraction of sp³-hybridized carbons (Fsp3) is 0.250. The van der Waals surface area contributed by atoms with E-state index in [1.54, 1.807) is 4.68 Å². The molecular weight excluding hydrogens is 276 g/mol. The first-order chi connectivity index (χ1) is 10.8. The van der Waals surface area contributed by atoms with Crippen molar-refractivity contribution in [1.82, 2.24) is 29.9 Å². The molecule has 0 aliphatic rings. The summed E-state index contributed by atoms with van der Waals surface area (Å²) in [5.74, 6) is 0. The van der Waals surface area contributed by atoms with Gasteiger partial charge in [0.1, 0.15) is 0 Å². The minimum Gasteiger partial charge on any atom is -0.286 e. The van der Waals surface area contributed by atoms with Crippen molar-refractivity contribution in [1.29, 1.82) is 0 Å². The van der Waals surface area contributed by atoms with Crippen molar-refractivity contribution >= 4 is 0 Å². The first kappa shape index (κ1) is 14.3. The molecule has 0 N–H and O–H groups in total. The Morgan fingerprint density at radius 3 is 1.91 bits per heavy atom. The lowest BCUT2D eigenvalue weighted by Crippen LogP contribution is -2.23. The van der Waals surface area contributed by atoms with E-state index in [1.807, 2.05) is 62.0 Å². The SMILES string of the molecule is Cn1cc(CN(Cc2ccccn2)Cc2ccccn2)nn1. The first-order valence-electron chi connectivity index (χ1n) is 7.17. The van der Waals surface area contributed by atoms with Gasteiger partial charge in [-0.3, -0.25) is 19.5 Å². The van der Waals surface area contributed by atoms with E-state index in [2.05, 4.69) is 25.2 Å². The molecule has 0 atom stereocenters. The van der Waals surface area contributed by atoms with Crippen LogP contribution in [0.2, 0.25) is 0 Å². The molecule has 3 heterocycles. The third-order valence-corrected chi connectivity index (χ3v) is 3.26. The highest BCUT2D eigenvalue weighted by molar-refractivity contribution is 5.07. The molecule has 0 aliphatic heterocycles. The minimum absolute atomic E-state index is 0.709. The van der Waals surface area contributed by atoms with Crippen LogP contribution < -0.4 is 0 Å². The van der Waals surface area contributed by atoms with E-state index in [0.717, 1.165) is 30.2 Å². The molecule has 0 unspecified atom stereocenters. The molecule has 22 heavy (non-hydrogen) atoms. The summed E-state index contributed by atoms with van der Waals surface area (Å²) in [5.41, 5.74) is 3.00. The summed E-state index contributed by atoms with van der Waals surface area (Å²) in [6.45, 7) is 2.20. The maximum absolute atomic E-state index is 4.40. The van der Waals surface area contributed by atoms with Crippen LogP contribution in [0.3, 0.4) is 0 Å². The van der Waals surface area contributed by atoms with E-state index in [4.69, 9.17) is 0 Å². The number of aromatic nitrogens is 5. The van der Waals surface area contributed by atoms with Crippen molar-refractivity contribution < 1.29 is 0 Å². The summed E-state index contributed by atoms with van der Waals surface area (Å²) in [6.07, 6.45) is 5.57. The molecule has 6 nitrogen and oxygen atoms in total. The lowest BCUT2D eigenvalue weighted by Gasteiger charge is -2.20. The molecule has 0 saturated carbocycles. The molecule has 0 saturated heterocycles. The largest absolute Gasteiger partial charge is 0.286 e. The molecule has 0 amide bonds. The Bertz CT molecular complexity index is 653. The number of rotatable bonds is 6. The summed E-state index contributed by atoms with van der Waals surface area (Å²) in [7, 11) is 1.87. The van der Waals surface area contributed by atoms with Gasteiger partial charge in [-0.05, 0) is 24.3 Å². The van der Waals surface area contributed by atoms with Crippen molar-refractivity contribution in [3.8, 4) is 0 Å². The quantitative estimate of drug-likeness (QED) is 0.694. The summed E-state index contributed by atoms with van der Waals surface area (Å²) in [5, 5.41) is 8.16. The van der Waals surface area contributed by atoms with Gasteiger partial charge in [0.05, 0.1) is 17.1 Å². The molecule has 112 valence electrons. The standard InChI is InChI=1S/C16H18N6/c1-21-10-16(19-20-21)13-22(11-14-6-2-4-8-17-14)12-15-7-3-5-9-18-15/h2-10H,11-13H2,1H3. The van der Waals surface area contributed by atoms with Crippen LogP contribution >= 0.6 is 0 Å². The number of pyridine rings is 2. The maximum Gasteiger partial charge on any atom is 0.0967 e. The lowest BCUT2D eigenvalue weighted by molar-refractivity contribution is 0.238. The fourth-order valence-corrected chi connectivity index (χ4v) is 2.31. The third kappa shape index (κ3) is 3.95. The second kappa shape index (κ2) is 6.91. The molecule has 0 aromatic carbocycles. The van der Waals surface area contributed by atoms with Crippen molar-refractivity contribution in [2.45, 2.75) is 19.6 Å². The van der Waals surface area contributed by atoms with Gasteiger partial charge < -0.3 is 0 Å². The van der Waals surface area contributed by atoms with Gasteiger partial charge in [-0.25, -0.2) is 0 Å². The van der Waals surface area contributed by atoms with Gasteiger partial charge >= 0.3 is 0 Å². The van der Waals surface area contributed by atoms with E-state index in [1.165, 1.54) is 0 Å². The van der Waals surface area contributed by atoms with Crippen LogP contribution in [0.15, 0.2) is 55.0 Å². The van der Waals surface area contributed by atoms with Gasteiger partial charge in [0.15, 0.2) is 0 Å². The Kier molecular flexibility index (Phi) is 4.50.